The zero-order valence-corrected chi connectivity index (χ0v) is 10.2. The minimum absolute atomic E-state index is 0.0198. The highest BCUT2D eigenvalue weighted by Gasteiger charge is 2.35. The fourth-order valence-corrected chi connectivity index (χ4v) is 3.55. The van der Waals surface area contributed by atoms with Crippen LogP contribution in [0.4, 0.5) is 0 Å². The normalized spacial score (nSPS) is 28.5. The Kier molecular flexibility index (Phi) is 2.51. The second-order valence-corrected chi connectivity index (χ2v) is 5.34. The first kappa shape index (κ1) is 10.9. The zero-order valence-electron chi connectivity index (χ0n) is 10.2. The number of phenolic OH excluding ortho intramolecular Hbond substituents is 2. The van der Waals surface area contributed by atoms with Gasteiger partial charge in [-0.05, 0) is 56.8 Å². The molecule has 3 rings (SSSR count). The largest absolute Gasteiger partial charge is 0.504 e. The van der Waals surface area contributed by atoms with Gasteiger partial charge in [0.15, 0.2) is 11.5 Å². The molecule has 0 bridgehead atoms. The van der Waals surface area contributed by atoms with Gasteiger partial charge in [0.05, 0.1) is 0 Å². The number of likely N-dealkylation sites (tertiary alicyclic amines) is 1. The number of aromatic hydroxyl groups is 2. The van der Waals surface area contributed by atoms with Crippen LogP contribution in [-0.2, 0) is 6.42 Å². The van der Waals surface area contributed by atoms with Gasteiger partial charge in [0.2, 0.25) is 0 Å². The molecule has 0 amide bonds. The van der Waals surface area contributed by atoms with Crippen molar-refractivity contribution < 1.29 is 10.2 Å². The Morgan fingerprint density at radius 3 is 2.88 bits per heavy atom. The lowest BCUT2D eigenvalue weighted by Crippen LogP contribution is -2.43. The van der Waals surface area contributed by atoms with Gasteiger partial charge in [-0.25, -0.2) is 0 Å². The van der Waals surface area contributed by atoms with Crippen LogP contribution < -0.4 is 0 Å². The topological polar surface area (TPSA) is 43.7 Å². The summed E-state index contributed by atoms with van der Waals surface area (Å²) in [7, 11) is 2.20. The monoisotopic (exact) mass is 233 g/mol. The maximum Gasteiger partial charge on any atom is 0.160 e. The fraction of sp³-hybridized carbons (Fsp3) is 0.571. The minimum Gasteiger partial charge on any atom is -0.504 e. The molecule has 3 heteroatoms. The van der Waals surface area contributed by atoms with Crippen LogP contribution in [0.15, 0.2) is 12.1 Å². The van der Waals surface area contributed by atoms with Crippen molar-refractivity contribution in [2.24, 2.45) is 0 Å². The van der Waals surface area contributed by atoms with Crippen molar-refractivity contribution in [1.29, 1.82) is 0 Å². The number of likely N-dealkylation sites (N-methyl/N-ethyl adjacent to an activating group) is 1. The van der Waals surface area contributed by atoms with E-state index in [0.29, 0.717) is 12.0 Å². The van der Waals surface area contributed by atoms with E-state index in [9.17, 15) is 10.2 Å². The maximum atomic E-state index is 9.94. The Labute approximate surface area is 102 Å². The van der Waals surface area contributed by atoms with Gasteiger partial charge in [-0.15, -0.1) is 0 Å². The average molecular weight is 233 g/mol. The molecule has 1 saturated heterocycles. The minimum atomic E-state index is 0.0198. The molecule has 0 unspecified atom stereocenters. The third-order valence-corrected chi connectivity index (χ3v) is 4.44. The Bertz CT molecular complexity index is 444. The number of rotatable bonds is 0. The van der Waals surface area contributed by atoms with Crippen LogP contribution >= 0.6 is 0 Å². The van der Waals surface area contributed by atoms with Gasteiger partial charge >= 0.3 is 0 Å². The smallest absolute Gasteiger partial charge is 0.160 e. The lowest BCUT2D eigenvalue weighted by Gasteiger charge is -2.43. The molecule has 0 aromatic heterocycles. The lowest BCUT2D eigenvalue weighted by atomic mass is 9.74. The molecule has 0 radical (unpaired) electrons. The van der Waals surface area contributed by atoms with Crippen LogP contribution in [0.3, 0.4) is 0 Å². The van der Waals surface area contributed by atoms with Gasteiger partial charge in [0.25, 0.3) is 0 Å². The predicted molar refractivity (Wildman–Crippen MR) is 66.5 cm³/mol. The summed E-state index contributed by atoms with van der Waals surface area (Å²) < 4.78 is 0. The summed E-state index contributed by atoms with van der Waals surface area (Å²) in [6.07, 6.45) is 4.39. The zero-order chi connectivity index (χ0) is 12.0. The molecule has 1 fully saturated rings. The Morgan fingerprint density at radius 1 is 1.24 bits per heavy atom. The summed E-state index contributed by atoms with van der Waals surface area (Å²) in [4.78, 5) is 2.45. The van der Waals surface area contributed by atoms with E-state index in [2.05, 4.69) is 11.9 Å². The van der Waals surface area contributed by atoms with Crippen LogP contribution in [0, 0.1) is 0 Å². The molecule has 0 spiro atoms. The molecule has 1 aromatic carbocycles. The molecule has 2 atom stereocenters. The van der Waals surface area contributed by atoms with E-state index < -0.39 is 0 Å². The Morgan fingerprint density at radius 2 is 2.06 bits per heavy atom. The van der Waals surface area contributed by atoms with Crippen molar-refractivity contribution in [3.8, 4) is 11.5 Å². The summed E-state index contributed by atoms with van der Waals surface area (Å²) in [5, 5.41) is 19.5. The third kappa shape index (κ3) is 1.61. The van der Waals surface area contributed by atoms with Gasteiger partial charge in [0.1, 0.15) is 0 Å². The first-order chi connectivity index (χ1) is 8.18. The van der Waals surface area contributed by atoms with Gasteiger partial charge in [-0.1, -0.05) is 6.07 Å². The van der Waals surface area contributed by atoms with E-state index >= 15 is 0 Å². The third-order valence-electron chi connectivity index (χ3n) is 4.44. The van der Waals surface area contributed by atoms with Gasteiger partial charge < -0.3 is 15.1 Å². The molecule has 0 saturated carbocycles. The number of phenols is 2. The molecular formula is C14H19NO2. The molecule has 1 aliphatic carbocycles. The second-order valence-electron chi connectivity index (χ2n) is 5.34. The van der Waals surface area contributed by atoms with E-state index in [4.69, 9.17) is 0 Å². The van der Waals surface area contributed by atoms with E-state index in [1.165, 1.54) is 24.9 Å². The molecular weight excluding hydrogens is 214 g/mol. The number of piperidine rings is 1. The molecule has 92 valence electrons. The van der Waals surface area contributed by atoms with Crippen molar-refractivity contribution in [3.05, 3.63) is 23.3 Å². The standard InChI is InChI=1S/C14H19NO2/c1-15-8-2-3-10-9-5-7-13(16)14(17)11(9)4-6-12(10)15/h5,7,10,12,16-17H,2-4,6,8H2,1H3/t10-,12+/m1/s1. The van der Waals surface area contributed by atoms with E-state index in [-0.39, 0.29) is 11.5 Å². The van der Waals surface area contributed by atoms with E-state index in [1.807, 2.05) is 6.07 Å². The molecule has 1 heterocycles. The van der Waals surface area contributed by atoms with E-state index in [1.54, 1.807) is 6.07 Å². The fourth-order valence-electron chi connectivity index (χ4n) is 3.55. The maximum absolute atomic E-state index is 9.94. The summed E-state index contributed by atoms with van der Waals surface area (Å²) >= 11 is 0. The van der Waals surface area contributed by atoms with Gasteiger partial charge in [-0.2, -0.15) is 0 Å². The number of benzene rings is 1. The number of fused-ring (bicyclic) bond motifs is 3. The molecule has 17 heavy (non-hydrogen) atoms. The molecule has 3 nitrogen and oxygen atoms in total. The number of hydrogen-bond donors (Lipinski definition) is 2. The van der Waals surface area contributed by atoms with Crippen molar-refractivity contribution >= 4 is 0 Å². The van der Waals surface area contributed by atoms with Crippen LogP contribution in [0.25, 0.3) is 0 Å². The van der Waals surface area contributed by atoms with Crippen molar-refractivity contribution in [3.63, 3.8) is 0 Å². The predicted octanol–water partition coefficient (Wildman–Crippen LogP) is 2.22. The van der Waals surface area contributed by atoms with Gasteiger partial charge in [0, 0.05) is 11.6 Å². The molecule has 1 aliphatic heterocycles. The Balaban J connectivity index is 2.05. The lowest BCUT2D eigenvalue weighted by molar-refractivity contribution is 0.143. The summed E-state index contributed by atoms with van der Waals surface area (Å²) in [5.41, 5.74) is 2.23. The van der Waals surface area contributed by atoms with Crippen LogP contribution in [0.1, 0.15) is 36.3 Å². The highest BCUT2D eigenvalue weighted by molar-refractivity contribution is 5.51. The summed E-state index contributed by atoms with van der Waals surface area (Å²) in [6, 6.07) is 4.24. The quantitative estimate of drug-likeness (QED) is 0.675. The molecule has 1 aromatic rings. The summed E-state index contributed by atoms with van der Waals surface area (Å²) in [6.45, 7) is 1.18. The van der Waals surface area contributed by atoms with Crippen molar-refractivity contribution in [1.82, 2.24) is 4.90 Å². The van der Waals surface area contributed by atoms with Crippen LogP contribution in [0.2, 0.25) is 0 Å². The van der Waals surface area contributed by atoms with Crippen molar-refractivity contribution in [2.45, 2.75) is 37.6 Å². The second kappa shape index (κ2) is 3.91. The summed E-state index contributed by atoms with van der Waals surface area (Å²) in [5.74, 6) is 0.657. The van der Waals surface area contributed by atoms with Crippen LogP contribution in [-0.4, -0.2) is 34.7 Å². The molecule has 2 N–H and O–H groups in total. The first-order valence-corrected chi connectivity index (χ1v) is 6.42. The van der Waals surface area contributed by atoms with Gasteiger partial charge in [-0.3, -0.25) is 0 Å². The SMILES string of the molecule is CN1CCC[C@@H]2c3ccc(O)c(O)c3CC[C@@H]21. The average Bonchev–Trinajstić information content (AvgIpc) is 2.34. The molecule has 2 aliphatic rings. The highest BCUT2D eigenvalue weighted by atomic mass is 16.3. The van der Waals surface area contributed by atoms with Crippen LogP contribution in [0.5, 0.6) is 11.5 Å². The first-order valence-electron chi connectivity index (χ1n) is 6.42. The number of hydrogen-bond acceptors (Lipinski definition) is 3. The Hall–Kier alpha value is -1.22. The van der Waals surface area contributed by atoms with E-state index in [0.717, 1.165) is 18.4 Å². The highest BCUT2D eigenvalue weighted by Crippen LogP contribution is 2.45. The van der Waals surface area contributed by atoms with Crippen molar-refractivity contribution in [2.75, 3.05) is 13.6 Å². The number of nitrogens with zero attached hydrogens (tertiary/aromatic N) is 1.